The summed E-state index contributed by atoms with van der Waals surface area (Å²) in [6.45, 7) is 3.14. The Morgan fingerprint density at radius 1 is 0.867 bits per heavy atom. The largest absolute Gasteiger partial charge is 0.465 e. The number of sulfone groups is 1. The average molecular weight is 471 g/mol. The molecule has 30 heavy (non-hydrogen) atoms. The Balaban J connectivity index is 2.19. The minimum Gasteiger partial charge on any atom is -0.465 e. The Morgan fingerprint density at radius 3 is 1.73 bits per heavy atom. The number of esters is 2. The molecule has 0 saturated heterocycles. The standard InChI is InChI=1S/C21H20Cl2O6S/c1-3-28-19(24)21(20(25)29-4-2)17(13-5-7-14(22)8-6-13)18(21)30(26,27)16-11-9-15(23)10-12-16/h5-12,17-18H,3-4H2,1-2H3/t17-,18-/m0/s1. The average Bonchev–Trinajstić information content (AvgIpc) is 3.42. The van der Waals surface area contributed by atoms with Crippen LogP contribution in [0.1, 0.15) is 25.3 Å². The number of rotatable bonds is 7. The van der Waals surface area contributed by atoms with Gasteiger partial charge < -0.3 is 9.47 Å². The zero-order valence-electron chi connectivity index (χ0n) is 16.3. The van der Waals surface area contributed by atoms with E-state index >= 15 is 0 Å². The summed E-state index contributed by atoms with van der Waals surface area (Å²) < 4.78 is 37.3. The molecule has 0 aliphatic heterocycles. The molecule has 2 aromatic carbocycles. The third kappa shape index (κ3) is 3.70. The van der Waals surface area contributed by atoms with Gasteiger partial charge in [0.15, 0.2) is 15.3 Å². The Kier molecular flexibility index (Phi) is 6.45. The van der Waals surface area contributed by atoms with E-state index in [4.69, 9.17) is 32.7 Å². The summed E-state index contributed by atoms with van der Waals surface area (Å²) in [7, 11) is -4.12. The lowest BCUT2D eigenvalue weighted by molar-refractivity contribution is -0.164. The van der Waals surface area contributed by atoms with Gasteiger partial charge in [0.1, 0.15) is 5.25 Å². The van der Waals surface area contributed by atoms with E-state index < -0.39 is 38.4 Å². The summed E-state index contributed by atoms with van der Waals surface area (Å²) in [4.78, 5) is 26.0. The zero-order valence-corrected chi connectivity index (χ0v) is 18.6. The van der Waals surface area contributed by atoms with Crippen LogP contribution in [0, 0.1) is 5.41 Å². The molecule has 9 heteroatoms. The van der Waals surface area contributed by atoms with E-state index in [2.05, 4.69) is 0 Å². The second-order valence-corrected chi connectivity index (χ2v) is 9.70. The van der Waals surface area contributed by atoms with Gasteiger partial charge in [-0.1, -0.05) is 35.3 Å². The molecule has 0 unspecified atom stereocenters. The summed E-state index contributed by atoms with van der Waals surface area (Å²) in [5.41, 5.74) is -1.53. The lowest BCUT2D eigenvalue weighted by Crippen LogP contribution is -2.35. The molecule has 3 rings (SSSR count). The van der Waals surface area contributed by atoms with Crippen molar-refractivity contribution in [2.45, 2.75) is 29.9 Å². The topological polar surface area (TPSA) is 86.7 Å². The lowest BCUT2D eigenvalue weighted by Gasteiger charge is -2.15. The van der Waals surface area contributed by atoms with Crippen molar-refractivity contribution in [3.8, 4) is 0 Å². The van der Waals surface area contributed by atoms with Crippen LogP contribution < -0.4 is 0 Å². The second kappa shape index (κ2) is 8.57. The molecule has 160 valence electrons. The Bertz CT molecular complexity index is 1030. The van der Waals surface area contributed by atoms with Crippen LogP contribution in [-0.4, -0.2) is 38.8 Å². The van der Waals surface area contributed by atoms with E-state index in [1.807, 2.05) is 0 Å². The molecule has 0 heterocycles. The van der Waals surface area contributed by atoms with Crippen LogP contribution in [0.15, 0.2) is 53.4 Å². The molecule has 0 radical (unpaired) electrons. The van der Waals surface area contributed by atoms with Crippen LogP contribution in [0.25, 0.3) is 0 Å². The van der Waals surface area contributed by atoms with Gasteiger partial charge >= 0.3 is 11.9 Å². The fourth-order valence-corrected chi connectivity index (χ4v) is 6.27. The molecule has 0 bridgehead atoms. The van der Waals surface area contributed by atoms with Crippen LogP contribution in [0.3, 0.4) is 0 Å². The number of halogens is 2. The summed E-state index contributed by atoms with van der Waals surface area (Å²) in [6.07, 6.45) is 0. The van der Waals surface area contributed by atoms with Crippen molar-refractivity contribution in [3.63, 3.8) is 0 Å². The Morgan fingerprint density at radius 2 is 1.30 bits per heavy atom. The number of hydrogen-bond donors (Lipinski definition) is 0. The molecule has 0 spiro atoms. The minimum absolute atomic E-state index is 0.0129. The fraction of sp³-hybridized carbons (Fsp3) is 0.333. The van der Waals surface area contributed by atoms with E-state index in [0.717, 1.165) is 0 Å². The maximum absolute atomic E-state index is 13.5. The maximum atomic E-state index is 13.5. The van der Waals surface area contributed by atoms with Crippen LogP contribution in [0.2, 0.25) is 10.0 Å². The smallest absolute Gasteiger partial charge is 0.325 e. The first-order chi connectivity index (χ1) is 14.2. The SMILES string of the molecule is CCOC(=O)C1(C(=O)OCC)[C@@H](c2ccc(Cl)cc2)[C@@H]1S(=O)(=O)c1ccc(Cl)cc1. The van der Waals surface area contributed by atoms with Crippen molar-refractivity contribution in [1.29, 1.82) is 0 Å². The van der Waals surface area contributed by atoms with E-state index in [9.17, 15) is 18.0 Å². The van der Waals surface area contributed by atoms with Crippen molar-refractivity contribution >= 4 is 45.0 Å². The van der Waals surface area contributed by atoms with Gasteiger partial charge in [0.05, 0.1) is 18.1 Å². The van der Waals surface area contributed by atoms with E-state index in [0.29, 0.717) is 15.6 Å². The predicted octanol–water partition coefficient (Wildman–Crippen LogP) is 4.05. The number of hydrogen-bond acceptors (Lipinski definition) is 6. The number of benzene rings is 2. The monoisotopic (exact) mass is 470 g/mol. The maximum Gasteiger partial charge on any atom is 0.325 e. The van der Waals surface area contributed by atoms with Crippen LogP contribution in [0.5, 0.6) is 0 Å². The molecule has 0 N–H and O–H groups in total. The van der Waals surface area contributed by atoms with E-state index in [-0.39, 0.29) is 18.1 Å². The van der Waals surface area contributed by atoms with Crippen molar-refractivity contribution in [2.24, 2.45) is 5.41 Å². The third-order valence-corrected chi connectivity index (χ3v) is 7.81. The van der Waals surface area contributed by atoms with Gasteiger partial charge in [-0.15, -0.1) is 0 Å². The van der Waals surface area contributed by atoms with Gasteiger partial charge in [-0.05, 0) is 55.8 Å². The van der Waals surface area contributed by atoms with E-state index in [1.54, 1.807) is 38.1 Å². The highest BCUT2D eigenvalue weighted by molar-refractivity contribution is 7.92. The summed E-state index contributed by atoms with van der Waals surface area (Å²) in [5.74, 6) is -2.83. The van der Waals surface area contributed by atoms with Crippen molar-refractivity contribution < 1.29 is 27.5 Å². The second-order valence-electron chi connectivity index (χ2n) is 6.76. The van der Waals surface area contributed by atoms with Gasteiger partial charge in [-0.2, -0.15) is 0 Å². The highest BCUT2D eigenvalue weighted by atomic mass is 35.5. The molecule has 1 aliphatic rings. The predicted molar refractivity (Wildman–Crippen MR) is 112 cm³/mol. The normalized spacial score (nSPS) is 19.7. The molecular weight excluding hydrogens is 451 g/mol. The third-order valence-electron chi connectivity index (χ3n) is 5.06. The van der Waals surface area contributed by atoms with Crippen molar-refractivity contribution in [2.75, 3.05) is 13.2 Å². The molecular formula is C21H20Cl2O6S. The molecule has 2 aromatic rings. The highest BCUT2D eigenvalue weighted by Crippen LogP contribution is 2.65. The zero-order chi connectivity index (χ0) is 22.1. The van der Waals surface area contributed by atoms with E-state index in [1.165, 1.54) is 24.3 Å². The first-order valence-electron chi connectivity index (χ1n) is 9.30. The summed E-state index contributed by atoms with van der Waals surface area (Å²) >= 11 is 11.8. The molecule has 1 saturated carbocycles. The molecule has 1 fully saturated rings. The van der Waals surface area contributed by atoms with Gasteiger partial charge in [-0.25, -0.2) is 8.42 Å². The van der Waals surface area contributed by atoms with Crippen LogP contribution in [0.4, 0.5) is 0 Å². The number of carbonyl (C=O) groups is 2. The van der Waals surface area contributed by atoms with Crippen molar-refractivity contribution in [3.05, 3.63) is 64.1 Å². The lowest BCUT2D eigenvalue weighted by atomic mass is 9.99. The summed E-state index contributed by atoms with van der Waals surface area (Å²) in [5, 5.41) is -0.583. The molecule has 0 aromatic heterocycles. The minimum atomic E-state index is -4.12. The number of ether oxygens (including phenoxy) is 2. The van der Waals surface area contributed by atoms with Gasteiger partial charge in [0.2, 0.25) is 0 Å². The van der Waals surface area contributed by atoms with Gasteiger partial charge in [-0.3, -0.25) is 9.59 Å². The first-order valence-corrected chi connectivity index (χ1v) is 11.6. The Hall–Kier alpha value is -2.09. The van der Waals surface area contributed by atoms with Gasteiger partial charge in [0.25, 0.3) is 0 Å². The summed E-state index contributed by atoms with van der Waals surface area (Å²) in [6, 6.07) is 11.9. The molecule has 6 nitrogen and oxygen atoms in total. The van der Waals surface area contributed by atoms with Crippen LogP contribution in [-0.2, 0) is 28.9 Å². The Labute approximate surface area is 185 Å². The molecule has 1 aliphatic carbocycles. The quantitative estimate of drug-likeness (QED) is 0.448. The molecule has 2 atom stereocenters. The molecule has 0 amide bonds. The fourth-order valence-electron chi connectivity index (χ4n) is 3.73. The number of carbonyl (C=O) groups excluding carboxylic acids is 2. The van der Waals surface area contributed by atoms with Crippen molar-refractivity contribution in [1.82, 2.24) is 0 Å². The van der Waals surface area contributed by atoms with Crippen LogP contribution >= 0.6 is 23.2 Å². The van der Waals surface area contributed by atoms with Gasteiger partial charge in [0, 0.05) is 16.0 Å². The highest BCUT2D eigenvalue weighted by Gasteiger charge is 2.81. The first kappa shape index (κ1) is 22.6.